The molecule has 0 unspecified atom stereocenters. The molecule has 0 radical (unpaired) electrons. The van der Waals surface area contributed by atoms with Gasteiger partial charge in [-0.05, 0) is 18.2 Å². The average molecular weight is 237 g/mol. The van der Waals surface area contributed by atoms with Crippen molar-refractivity contribution < 1.29 is 17.6 Å². The minimum Gasteiger partial charge on any atom is -0.206 e. The zero-order chi connectivity index (χ0) is 11.5. The van der Waals surface area contributed by atoms with E-state index in [0.717, 1.165) is 6.07 Å². The van der Waals surface area contributed by atoms with Gasteiger partial charge in [0, 0.05) is 0 Å². The lowest BCUT2D eigenvalue weighted by Gasteiger charge is -2.06. The van der Waals surface area contributed by atoms with E-state index < -0.39 is 17.6 Å². The minimum atomic E-state index is -4.49. The molecule has 0 N–H and O–H groups in total. The van der Waals surface area contributed by atoms with Crippen LogP contribution in [-0.2, 0) is 6.18 Å². The molecule has 0 saturated carbocycles. The molecular formula is C10H5ClF4. The number of alkyl halides is 4. The fourth-order valence-corrected chi connectivity index (χ4v) is 0.993. The number of halogens is 5. The Morgan fingerprint density at radius 2 is 1.93 bits per heavy atom. The zero-order valence-corrected chi connectivity index (χ0v) is 8.08. The van der Waals surface area contributed by atoms with Crippen LogP contribution < -0.4 is 0 Å². The van der Waals surface area contributed by atoms with Crippen LogP contribution in [0.25, 0.3) is 0 Å². The molecular weight excluding hydrogens is 232 g/mol. The normalized spacial score (nSPS) is 10.7. The van der Waals surface area contributed by atoms with Crippen LogP contribution in [0.3, 0.4) is 0 Å². The third-order valence-electron chi connectivity index (χ3n) is 1.58. The summed E-state index contributed by atoms with van der Waals surface area (Å²) < 4.78 is 49.6. The molecule has 80 valence electrons. The first-order valence-electron chi connectivity index (χ1n) is 3.86. The highest BCUT2D eigenvalue weighted by Crippen LogP contribution is 2.30. The summed E-state index contributed by atoms with van der Waals surface area (Å²) in [5, 5.41) is 0. The van der Waals surface area contributed by atoms with Crippen LogP contribution in [-0.4, -0.2) is 5.88 Å². The van der Waals surface area contributed by atoms with Gasteiger partial charge in [0.2, 0.25) is 0 Å². The Balaban J connectivity index is 3.17. The standard InChI is InChI=1S/C10H5ClF4/c11-5-1-2-7-6-8(10(13,14)15)3-4-9(7)12/h3-4,6H,5H2. The third kappa shape index (κ3) is 3.14. The summed E-state index contributed by atoms with van der Waals surface area (Å²) in [5.41, 5.74) is -1.23. The Bertz CT molecular complexity index is 412. The monoisotopic (exact) mass is 236 g/mol. The second-order valence-electron chi connectivity index (χ2n) is 2.63. The lowest BCUT2D eigenvalue weighted by atomic mass is 10.1. The summed E-state index contributed by atoms with van der Waals surface area (Å²) in [7, 11) is 0. The largest absolute Gasteiger partial charge is 0.416 e. The maximum Gasteiger partial charge on any atom is 0.416 e. The van der Waals surface area contributed by atoms with E-state index in [2.05, 4.69) is 11.8 Å². The van der Waals surface area contributed by atoms with Crippen molar-refractivity contribution in [3.63, 3.8) is 0 Å². The Hall–Kier alpha value is -1.21. The van der Waals surface area contributed by atoms with Gasteiger partial charge in [-0.15, -0.1) is 11.6 Å². The van der Waals surface area contributed by atoms with Crippen molar-refractivity contribution in [3.8, 4) is 11.8 Å². The van der Waals surface area contributed by atoms with Crippen LogP contribution in [0.2, 0.25) is 0 Å². The first-order valence-corrected chi connectivity index (χ1v) is 4.40. The predicted octanol–water partition coefficient (Wildman–Crippen LogP) is 3.43. The predicted molar refractivity (Wildman–Crippen MR) is 49.0 cm³/mol. The van der Waals surface area contributed by atoms with Crippen molar-refractivity contribution in [1.29, 1.82) is 0 Å². The smallest absolute Gasteiger partial charge is 0.206 e. The second kappa shape index (κ2) is 4.54. The van der Waals surface area contributed by atoms with Gasteiger partial charge in [0.25, 0.3) is 0 Å². The first kappa shape index (κ1) is 11.9. The molecule has 1 aromatic carbocycles. The molecule has 0 amide bonds. The zero-order valence-electron chi connectivity index (χ0n) is 7.33. The molecule has 0 saturated heterocycles. The minimum absolute atomic E-state index is 0.0598. The highest BCUT2D eigenvalue weighted by molar-refractivity contribution is 6.19. The summed E-state index contributed by atoms with van der Waals surface area (Å²) in [6, 6.07) is 2.07. The third-order valence-corrected chi connectivity index (χ3v) is 1.72. The van der Waals surface area contributed by atoms with Crippen LogP contribution in [0.4, 0.5) is 17.6 Å². The van der Waals surface area contributed by atoms with E-state index in [1.165, 1.54) is 0 Å². The molecule has 0 aliphatic carbocycles. The van der Waals surface area contributed by atoms with E-state index in [1.54, 1.807) is 0 Å². The molecule has 0 spiro atoms. The molecule has 1 aromatic rings. The molecule has 5 heteroatoms. The average Bonchev–Trinajstić information content (AvgIpc) is 2.15. The van der Waals surface area contributed by atoms with Crippen molar-refractivity contribution >= 4 is 11.6 Å². The van der Waals surface area contributed by atoms with Crippen molar-refractivity contribution in [2.45, 2.75) is 6.18 Å². The second-order valence-corrected chi connectivity index (χ2v) is 2.90. The highest BCUT2D eigenvalue weighted by atomic mass is 35.5. The van der Waals surface area contributed by atoms with Gasteiger partial charge >= 0.3 is 6.18 Å². The lowest BCUT2D eigenvalue weighted by Crippen LogP contribution is -2.05. The van der Waals surface area contributed by atoms with E-state index in [-0.39, 0.29) is 11.4 Å². The first-order chi connectivity index (χ1) is 6.95. The maximum atomic E-state index is 13.0. The molecule has 0 bridgehead atoms. The molecule has 1 rings (SSSR count). The molecule has 0 fully saturated rings. The molecule has 0 atom stereocenters. The van der Waals surface area contributed by atoms with Gasteiger partial charge in [0.1, 0.15) is 5.82 Å². The van der Waals surface area contributed by atoms with Crippen molar-refractivity contribution in [2.75, 3.05) is 5.88 Å². The van der Waals surface area contributed by atoms with Gasteiger partial charge in [-0.1, -0.05) is 11.8 Å². The Morgan fingerprint density at radius 1 is 1.27 bits per heavy atom. The lowest BCUT2D eigenvalue weighted by molar-refractivity contribution is -0.137. The van der Waals surface area contributed by atoms with Crippen LogP contribution in [0.15, 0.2) is 18.2 Å². The van der Waals surface area contributed by atoms with Gasteiger partial charge in [-0.25, -0.2) is 4.39 Å². The number of hydrogen-bond donors (Lipinski definition) is 0. The van der Waals surface area contributed by atoms with E-state index in [9.17, 15) is 17.6 Å². The molecule has 0 aliphatic rings. The van der Waals surface area contributed by atoms with Crippen LogP contribution in [0.1, 0.15) is 11.1 Å². The Kier molecular flexibility index (Phi) is 3.59. The fraction of sp³-hybridized carbons (Fsp3) is 0.200. The van der Waals surface area contributed by atoms with E-state index in [1.807, 2.05) is 0 Å². The maximum absolute atomic E-state index is 13.0. The molecule has 0 aliphatic heterocycles. The number of rotatable bonds is 0. The van der Waals surface area contributed by atoms with Crippen molar-refractivity contribution in [3.05, 3.63) is 35.1 Å². The topological polar surface area (TPSA) is 0 Å². The summed E-state index contributed by atoms with van der Waals surface area (Å²) in [5.74, 6) is 3.66. The van der Waals surface area contributed by atoms with Crippen LogP contribution >= 0.6 is 11.6 Å². The summed E-state index contributed by atoms with van der Waals surface area (Å²) in [6.07, 6.45) is -4.49. The van der Waals surface area contributed by atoms with Crippen molar-refractivity contribution in [1.82, 2.24) is 0 Å². The van der Waals surface area contributed by atoms with Crippen LogP contribution in [0, 0.1) is 17.7 Å². The van der Waals surface area contributed by atoms with Crippen molar-refractivity contribution in [2.24, 2.45) is 0 Å². The summed E-state index contributed by atoms with van der Waals surface area (Å²) >= 11 is 5.22. The summed E-state index contributed by atoms with van der Waals surface area (Å²) in [4.78, 5) is 0. The van der Waals surface area contributed by atoms with Gasteiger partial charge < -0.3 is 0 Å². The number of hydrogen-bond acceptors (Lipinski definition) is 0. The van der Waals surface area contributed by atoms with Gasteiger partial charge in [0.15, 0.2) is 0 Å². The SMILES string of the molecule is Fc1ccc(C(F)(F)F)cc1C#CCCl. The quantitative estimate of drug-likeness (QED) is 0.368. The highest BCUT2D eigenvalue weighted by Gasteiger charge is 2.30. The van der Waals surface area contributed by atoms with Gasteiger partial charge in [-0.2, -0.15) is 13.2 Å². The Labute approximate surface area is 88.9 Å². The molecule has 0 aromatic heterocycles. The molecule has 15 heavy (non-hydrogen) atoms. The fourth-order valence-electron chi connectivity index (χ4n) is 0.926. The Morgan fingerprint density at radius 3 is 2.47 bits per heavy atom. The molecule has 0 heterocycles. The van der Waals surface area contributed by atoms with Gasteiger partial charge in [0.05, 0.1) is 17.0 Å². The molecule has 0 nitrogen and oxygen atoms in total. The van der Waals surface area contributed by atoms with E-state index in [4.69, 9.17) is 11.6 Å². The van der Waals surface area contributed by atoms with E-state index in [0.29, 0.717) is 12.1 Å². The van der Waals surface area contributed by atoms with E-state index >= 15 is 0 Å². The summed E-state index contributed by atoms with van der Waals surface area (Å²) in [6.45, 7) is 0. The van der Waals surface area contributed by atoms with Gasteiger partial charge in [-0.3, -0.25) is 0 Å². The number of benzene rings is 1. The van der Waals surface area contributed by atoms with Crippen LogP contribution in [0.5, 0.6) is 0 Å².